The summed E-state index contributed by atoms with van der Waals surface area (Å²) in [4.78, 5) is 36.0. The number of carbonyl (C=O) groups is 2. The van der Waals surface area contributed by atoms with Gasteiger partial charge in [0.2, 0.25) is 11.8 Å². The molecule has 2 amide bonds. The van der Waals surface area contributed by atoms with Crippen LogP contribution < -0.4 is 10.2 Å². The second-order valence-corrected chi connectivity index (χ2v) is 13.3. The van der Waals surface area contributed by atoms with E-state index in [1.54, 1.807) is 20.9 Å². The number of hydrogen-bond donors (Lipinski definition) is 2. The smallest absolute Gasteiger partial charge is 0.248 e. The number of rotatable bonds is 6. The SMILES string of the molecule is CC(C)(C)[C@@H](C(=O)N1CC(O)CC1C(=O)NC1CCN(c2nc3ccccc3s2)CC1)n1cc(C2CC2)nn1. The standard InChI is InChI=1S/C28H37N7O3S/c1-28(2,3)24(35-16-21(31-32-35)17-8-9-17)26(38)34-15-19(36)14-22(34)25(37)29-18-10-12-33(13-11-18)27-30-20-6-4-5-7-23(20)39-27/h4-7,16-19,22,24,36H,8-15H2,1-3H3,(H,29,37)/t19?,22?,24-/m1/s1. The predicted molar refractivity (Wildman–Crippen MR) is 150 cm³/mol. The highest BCUT2D eigenvalue weighted by molar-refractivity contribution is 7.22. The molecule has 0 radical (unpaired) electrons. The van der Waals surface area contributed by atoms with Gasteiger partial charge in [-0.3, -0.25) is 9.59 Å². The zero-order valence-electron chi connectivity index (χ0n) is 22.8. The molecule has 3 atom stereocenters. The molecule has 10 nitrogen and oxygen atoms in total. The van der Waals surface area contributed by atoms with Crippen LogP contribution in [0.4, 0.5) is 5.13 Å². The molecule has 3 aliphatic rings. The fraction of sp³-hybridized carbons (Fsp3) is 0.607. The van der Waals surface area contributed by atoms with Crippen molar-refractivity contribution >= 4 is 38.5 Å². The molecule has 2 N–H and O–H groups in total. The number of carbonyl (C=O) groups excluding carboxylic acids is 2. The van der Waals surface area contributed by atoms with Gasteiger partial charge in [0.25, 0.3) is 0 Å². The highest BCUT2D eigenvalue weighted by Gasteiger charge is 2.46. The van der Waals surface area contributed by atoms with Crippen molar-refractivity contribution in [3.63, 3.8) is 0 Å². The lowest BCUT2D eigenvalue weighted by Crippen LogP contribution is -2.53. The van der Waals surface area contributed by atoms with Gasteiger partial charge in [0.1, 0.15) is 12.1 Å². The highest BCUT2D eigenvalue weighted by atomic mass is 32.1. The number of nitrogens with zero attached hydrogens (tertiary/aromatic N) is 6. The van der Waals surface area contributed by atoms with Crippen molar-refractivity contribution in [2.24, 2.45) is 5.41 Å². The van der Waals surface area contributed by atoms with E-state index >= 15 is 0 Å². The Balaban J connectivity index is 1.11. The number of aliphatic hydroxyl groups excluding tert-OH is 1. The third-order valence-corrected chi connectivity index (χ3v) is 9.20. The van der Waals surface area contributed by atoms with Crippen LogP contribution in [0.2, 0.25) is 0 Å². The van der Waals surface area contributed by atoms with Gasteiger partial charge < -0.3 is 20.2 Å². The van der Waals surface area contributed by atoms with Gasteiger partial charge in [-0.2, -0.15) is 0 Å². The number of amides is 2. The molecule has 39 heavy (non-hydrogen) atoms. The van der Waals surface area contributed by atoms with Crippen LogP contribution in [0.15, 0.2) is 30.5 Å². The molecule has 11 heteroatoms. The number of fused-ring (bicyclic) bond motifs is 1. The van der Waals surface area contributed by atoms with Crippen LogP contribution in [-0.2, 0) is 9.59 Å². The fourth-order valence-corrected chi connectivity index (χ4v) is 6.85. The zero-order valence-corrected chi connectivity index (χ0v) is 23.6. The average Bonchev–Trinajstić information content (AvgIpc) is 3.29. The Morgan fingerprint density at radius 3 is 2.56 bits per heavy atom. The Morgan fingerprint density at radius 2 is 1.87 bits per heavy atom. The van der Waals surface area contributed by atoms with Crippen LogP contribution in [0.3, 0.4) is 0 Å². The van der Waals surface area contributed by atoms with Gasteiger partial charge in [0.05, 0.1) is 22.0 Å². The largest absolute Gasteiger partial charge is 0.391 e. The van der Waals surface area contributed by atoms with Gasteiger partial charge in [-0.25, -0.2) is 9.67 Å². The van der Waals surface area contributed by atoms with Gasteiger partial charge in [0, 0.05) is 44.2 Å². The average molecular weight is 552 g/mol. The second kappa shape index (κ2) is 10.2. The number of nitrogens with one attached hydrogen (secondary N) is 1. The molecule has 0 bridgehead atoms. The molecular weight excluding hydrogens is 514 g/mol. The van der Waals surface area contributed by atoms with Crippen molar-refractivity contribution in [2.45, 2.75) is 83.0 Å². The first-order chi connectivity index (χ1) is 18.7. The Labute approximate surface area is 232 Å². The number of hydrogen-bond acceptors (Lipinski definition) is 8. The van der Waals surface area contributed by atoms with E-state index in [2.05, 4.69) is 26.6 Å². The molecule has 2 saturated heterocycles. The van der Waals surface area contributed by atoms with E-state index in [4.69, 9.17) is 4.98 Å². The quantitative estimate of drug-likeness (QED) is 0.484. The van der Waals surface area contributed by atoms with Crippen molar-refractivity contribution in [1.29, 1.82) is 0 Å². The lowest BCUT2D eigenvalue weighted by atomic mass is 9.85. The summed E-state index contributed by atoms with van der Waals surface area (Å²) in [5.74, 6) is 0.0445. The van der Waals surface area contributed by atoms with E-state index in [0.717, 1.165) is 55.1 Å². The number of β-amino-alcohol motifs (C(OH)–C–C–N with tert-alkyl or cyclic N) is 1. The first-order valence-corrected chi connectivity index (χ1v) is 14.8. The lowest BCUT2D eigenvalue weighted by Gasteiger charge is -2.36. The number of aromatic nitrogens is 4. The first-order valence-electron chi connectivity index (χ1n) is 14.0. The van der Waals surface area contributed by atoms with Crippen LogP contribution >= 0.6 is 11.3 Å². The zero-order chi connectivity index (χ0) is 27.3. The molecule has 1 saturated carbocycles. The summed E-state index contributed by atoms with van der Waals surface area (Å²) >= 11 is 1.70. The Morgan fingerprint density at radius 1 is 1.13 bits per heavy atom. The Bertz CT molecular complexity index is 1320. The molecule has 2 aliphatic heterocycles. The molecule has 2 aromatic heterocycles. The van der Waals surface area contributed by atoms with Gasteiger partial charge in [0.15, 0.2) is 5.13 Å². The minimum Gasteiger partial charge on any atom is -0.391 e. The molecule has 1 aromatic carbocycles. The molecular formula is C28H37N7O3S. The van der Waals surface area contributed by atoms with Gasteiger partial charge in [-0.1, -0.05) is 49.5 Å². The highest BCUT2D eigenvalue weighted by Crippen LogP contribution is 2.40. The van der Waals surface area contributed by atoms with E-state index < -0.39 is 23.6 Å². The minimum atomic E-state index is -0.732. The van der Waals surface area contributed by atoms with Crippen LogP contribution in [0, 0.1) is 5.41 Å². The first kappa shape index (κ1) is 26.2. The minimum absolute atomic E-state index is 0.0210. The Hall–Kier alpha value is -3.05. The van der Waals surface area contributed by atoms with Crippen LogP contribution in [-0.4, -0.2) is 79.6 Å². The summed E-state index contributed by atoms with van der Waals surface area (Å²) in [7, 11) is 0. The van der Waals surface area contributed by atoms with E-state index in [1.165, 1.54) is 4.70 Å². The maximum absolute atomic E-state index is 13.9. The van der Waals surface area contributed by atoms with Gasteiger partial charge >= 0.3 is 0 Å². The fourth-order valence-electron chi connectivity index (χ4n) is 5.83. The molecule has 2 unspecified atom stereocenters. The normalized spacial score (nSPS) is 23.4. The molecule has 3 aromatic rings. The molecule has 3 fully saturated rings. The molecule has 208 valence electrons. The summed E-state index contributed by atoms with van der Waals surface area (Å²) in [6.07, 6.45) is 5.20. The number of piperidine rings is 1. The van der Waals surface area contributed by atoms with Crippen LogP contribution in [0.25, 0.3) is 10.2 Å². The van der Waals surface area contributed by atoms with Gasteiger partial charge in [-0.15, -0.1) is 5.10 Å². The van der Waals surface area contributed by atoms with Crippen LogP contribution in [0.5, 0.6) is 0 Å². The maximum atomic E-state index is 13.9. The summed E-state index contributed by atoms with van der Waals surface area (Å²) in [6.45, 7) is 7.74. The van der Waals surface area contributed by atoms with E-state index in [1.807, 2.05) is 45.2 Å². The Kier molecular flexibility index (Phi) is 6.83. The number of thiazole rings is 1. The number of anilines is 1. The van der Waals surface area contributed by atoms with Gasteiger partial charge in [-0.05, 0) is 43.2 Å². The molecule has 0 spiro atoms. The second-order valence-electron chi connectivity index (χ2n) is 12.3. The predicted octanol–water partition coefficient (Wildman–Crippen LogP) is 3.10. The van der Waals surface area contributed by atoms with E-state index in [0.29, 0.717) is 5.92 Å². The summed E-state index contributed by atoms with van der Waals surface area (Å²) in [5.41, 5.74) is 1.49. The van der Waals surface area contributed by atoms with E-state index in [-0.39, 0.29) is 30.8 Å². The van der Waals surface area contributed by atoms with Crippen molar-refractivity contribution in [2.75, 3.05) is 24.5 Å². The molecule has 4 heterocycles. The number of para-hydroxylation sites is 1. The third kappa shape index (κ3) is 5.38. The number of likely N-dealkylation sites (tertiary alicyclic amines) is 1. The van der Waals surface area contributed by atoms with E-state index in [9.17, 15) is 14.7 Å². The number of benzene rings is 1. The lowest BCUT2D eigenvalue weighted by molar-refractivity contribution is -0.144. The third-order valence-electron chi connectivity index (χ3n) is 8.10. The van der Waals surface area contributed by atoms with Crippen molar-refractivity contribution < 1.29 is 14.7 Å². The van der Waals surface area contributed by atoms with Crippen molar-refractivity contribution in [1.82, 2.24) is 30.2 Å². The monoisotopic (exact) mass is 551 g/mol. The van der Waals surface area contributed by atoms with Crippen molar-refractivity contribution in [3.8, 4) is 0 Å². The maximum Gasteiger partial charge on any atom is 0.248 e. The summed E-state index contributed by atoms with van der Waals surface area (Å²) in [6, 6.07) is 6.86. The molecule has 6 rings (SSSR count). The number of aliphatic hydroxyl groups is 1. The topological polar surface area (TPSA) is 116 Å². The molecule has 1 aliphatic carbocycles. The summed E-state index contributed by atoms with van der Waals surface area (Å²) in [5, 5.41) is 23.3. The van der Waals surface area contributed by atoms with Crippen molar-refractivity contribution in [3.05, 3.63) is 36.2 Å². The van der Waals surface area contributed by atoms with Crippen LogP contribution in [0.1, 0.15) is 70.5 Å². The summed E-state index contributed by atoms with van der Waals surface area (Å²) < 4.78 is 2.84.